The molecule has 1 heterocycles. The van der Waals surface area contributed by atoms with Crippen molar-refractivity contribution in [2.45, 2.75) is 25.3 Å². The molecule has 0 radical (unpaired) electrons. The number of carbonyl (C=O) groups excluding carboxylic acids is 1. The summed E-state index contributed by atoms with van der Waals surface area (Å²) < 4.78 is 0. The van der Waals surface area contributed by atoms with Crippen LogP contribution in [0.4, 0.5) is 5.13 Å². The van der Waals surface area contributed by atoms with Crippen molar-refractivity contribution >= 4 is 45.6 Å². The minimum atomic E-state index is -0.181. The number of fused-ring (bicyclic) bond motifs is 1. The zero-order valence-electron chi connectivity index (χ0n) is 14.3. The maximum Gasteiger partial charge on any atom is 0.257 e. The molecule has 0 spiro atoms. The van der Waals surface area contributed by atoms with Crippen molar-refractivity contribution < 1.29 is 4.79 Å². The Morgan fingerprint density at radius 3 is 2.70 bits per heavy atom. The quantitative estimate of drug-likeness (QED) is 0.616. The molecule has 1 aliphatic rings. The Bertz CT molecular complexity index is 1000. The molecule has 1 aliphatic carbocycles. The Labute approximate surface area is 171 Å². The van der Waals surface area contributed by atoms with Crippen LogP contribution in [-0.2, 0) is 12.8 Å². The van der Waals surface area contributed by atoms with Crippen LogP contribution in [0.15, 0.2) is 42.5 Å². The van der Waals surface area contributed by atoms with Crippen LogP contribution < -0.4 is 11.1 Å². The molecule has 138 valence electrons. The van der Waals surface area contributed by atoms with Gasteiger partial charge in [-0.25, -0.2) is 4.98 Å². The van der Waals surface area contributed by atoms with Crippen molar-refractivity contribution in [2.24, 2.45) is 5.73 Å². The molecule has 0 fully saturated rings. The molecular formula is C20H17Cl2N3OS. The first kappa shape index (κ1) is 18.4. The van der Waals surface area contributed by atoms with Crippen LogP contribution in [0.5, 0.6) is 0 Å². The highest BCUT2D eigenvalue weighted by atomic mass is 35.5. The van der Waals surface area contributed by atoms with Crippen LogP contribution in [0.3, 0.4) is 0 Å². The zero-order chi connectivity index (χ0) is 19.0. The molecule has 27 heavy (non-hydrogen) atoms. The van der Waals surface area contributed by atoms with Crippen molar-refractivity contribution in [3.05, 3.63) is 68.6 Å². The number of nitrogens with one attached hydrogen (secondary N) is 1. The second-order valence-electron chi connectivity index (χ2n) is 6.55. The molecular weight excluding hydrogens is 401 g/mol. The Kier molecular flexibility index (Phi) is 5.19. The van der Waals surface area contributed by atoms with E-state index in [2.05, 4.69) is 10.3 Å². The van der Waals surface area contributed by atoms with Gasteiger partial charge in [0.25, 0.3) is 5.91 Å². The number of rotatable bonds is 3. The normalized spacial score (nSPS) is 16.0. The van der Waals surface area contributed by atoms with E-state index in [1.807, 2.05) is 18.2 Å². The third-order valence-electron chi connectivity index (χ3n) is 4.59. The maximum absolute atomic E-state index is 12.5. The minimum absolute atomic E-state index is 0.181. The predicted molar refractivity (Wildman–Crippen MR) is 112 cm³/mol. The summed E-state index contributed by atoms with van der Waals surface area (Å²) in [7, 11) is 0. The van der Waals surface area contributed by atoms with E-state index in [0.29, 0.717) is 20.7 Å². The SMILES string of the molecule is N[C@H]1CCc2nc(NC(=O)c3ccc(-c4ccc(Cl)cc4Cl)cc3)sc2C1. The fourth-order valence-corrected chi connectivity index (χ4v) is 4.76. The molecule has 4 nitrogen and oxygen atoms in total. The molecule has 0 saturated carbocycles. The first-order valence-electron chi connectivity index (χ1n) is 8.60. The molecule has 4 rings (SSSR count). The van der Waals surface area contributed by atoms with E-state index in [4.69, 9.17) is 28.9 Å². The number of thiazole rings is 1. The summed E-state index contributed by atoms with van der Waals surface area (Å²) in [5.74, 6) is -0.181. The highest BCUT2D eigenvalue weighted by molar-refractivity contribution is 7.15. The van der Waals surface area contributed by atoms with Crippen LogP contribution in [0.2, 0.25) is 10.0 Å². The van der Waals surface area contributed by atoms with E-state index < -0.39 is 0 Å². The van der Waals surface area contributed by atoms with Gasteiger partial charge in [0.15, 0.2) is 5.13 Å². The lowest BCUT2D eigenvalue weighted by Crippen LogP contribution is -2.27. The van der Waals surface area contributed by atoms with Crippen molar-refractivity contribution in [3.63, 3.8) is 0 Å². The number of amides is 1. The molecule has 2 aromatic carbocycles. The highest BCUT2D eigenvalue weighted by Gasteiger charge is 2.21. The number of carbonyl (C=O) groups is 1. The van der Waals surface area contributed by atoms with E-state index in [9.17, 15) is 4.79 Å². The number of hydrogen-bond donors (Lipinski definition) is 2. The van der Waals surface area contributed by atoms with Gasteiger partial charge in [0, 0.05) is 32.1 Å². The topological polar surface area (TPSA) is 68.0 Å². The third kappa shape index (κ3) is 4.01. The van der Waals surface area contributed by atoms with Gasteiger partial charge in [-0.3, -0.25) is 10.1 Å². The smallest absolute Gasteiger partial charge is 0.257 e. The van der Waals surface area contributed by atoms with Gasteiger partial charge >= 0.3 is 0 Å². The number of anilines is 1. The molecule has 0 aliphatic heterocycles. The van der Waals surface area contributed by atoms with Gasteiger partial charge in [0.2, 0.25) is 0 Å². The van der Waals surface area contributed by atoms with Gasteiger partial charge in [-0.1, -0.05) is 41.4 Å². The van der Waals surface area contributed by atoms with E-state index in [1.165, 1.54) is 16.2 Å². The standard InChI is InChI=1S/C20H17Cl2N3OS/c21-13-5-7-15(16(22)9-13)11-1-3-12(4-2-11)19(26)25-20-24-17-8-6-14(23)10-18(17)27-20/h1-5,7,9,14H,6,8,10,23H2,(H,24,25,26)/t14-/m0/s1. The molecule has 0 unspecified atom stereocenters. The minimum Gasteiger partial charge on any atom is -0.327 e. The van der Waals surface area contributed by atoms with Crippen LogP contribution in [0.25, 0.3) is 11.1 Å². The molecule has 1 amide bonds. The van der Waals surface area contributed by atoms with Crippen LogP contribution in [0.1, 0.15) is 27.3 Å². The fraction of sp³-hybridized carbons (Fsp3) is 0.200. The number of benzene rings is 2. The van der Waals surface area contributed by atoms with Gasteiger partial charge in [-0.15, -0.1) is 11.3 Å². The van der Waals surface area contributed by atoms with Gasteiger partial charge in [0.05, 0.1) is 5.69 Å². The summed E-state index contributed by atoms with van der Waals surface area (Å²) in [6.07, 6.45) is 2.65. The third-order valence-corrected chi connectivity index (χ3v) is 6.17. The first-order chi connectivity index (χ1) is 13.0. The van der Waals surface area contributed by atoms with Crippen molar-refractivity contribution in [1.82, 2.24) is 4.98 Å². The molecule has 7 heteroatoms. The van der Waals surface area contributed by atoms with Crippen molar-refractivity contribution in [1.29, 1.82) is 0 Å². The first-order valence-corrected chi connectivity index (χ1v) is 10.2. The number of hydrogen-bond acceptors (Lipinski definition) is 4. The highest BCUT2D eigenvalue weighted by Crippen LogP contribution is 2.31. The van der Waals surface area contributed by atoms with E-state index >= 15 is 0 Å². The lowest BCUT2D eigenvalue weighted by Gasteiger charge is -2.15. The monoisotopic (exact) mass is 417 g/mol. The van der Waals surface area contributed by atoms with E-state index in [-0.39, 0.29) is 11.9 Å². The van der Waals surface area contributed by atoms with Crippen molar-refractivity contribution in [3.8, 4) is 11.1 Å². The summed E-state index contributed by atoms with van der Waals surface area (Å²) in [4.78, 5) is 18.3. The van der Waals surface area contributed by atoms with Crippen molar-refractivity contribution in [2.75, 3.05) is 5.32 Å². The summed E-state index contributed by atoms with van der Waals surface area (Å²) >= 11 is 13.7. The molecule has 3 aromatic rings. The van der Waals surface area contributed by atoms with E-state index in [0.717, 1.165) is 36.1 Å². The Morgan fingerprint density at radius 2 is 1.96 bits per heavy atom. The van der Waals surface area contributed by atoms with E-state index in [1.54, 1.807) is 24.3 Å². The molecule has 0 saturated heterocycles. The second kappa shape index (κ2) is 7.60. The average molecular weight is 418 g/mol. The van der Waals surface area contributed by atoms with Gasteiger partial charge < -0.3 is 5.73 Å². The number of aromatic nitrogens is 1. The largest absolute Gasteiger partial charge is 0.327 e. The van der Waals surface area contributed by atoms with Crippen LogP contribution >= 0.6 is 34.5 Å². The van der Waals surface area contributed by atoms with Gasteiger partial charge in [-0.05, 0) is 49.1 Å². The van der Waals surface area contributed by atoms with Crippen LogP contribution in [0, 0.1) is 0 Å². The average Bonchev–Trinajstić information content (AvgIpc) is 3.03. The lowest BCUT2D eigenvalue weighted by molar-refractivity contribution is 0.102. The Hall–Kier alpha value is -1.92. The molecule has 3 N–H and O–H groups in total. The molecule has 1 atom stereocenters. The second-order valence-corrected chi connectivity index (χ2v) is 8.47. The van der Waals surface area contributed by atoms with Gasteiger partial charge in [0.1, 0.15) is 0 Å². The number of nitrogens with zero attached hydrogens (tertiary/aromatic N) is 1. The predicted octanol–water partition coefficient (Wildman–Crippen LogP) is 5.19. The maximum atomic E-state index is 12.5. The van der Waals surface area contributed by atoms with Gasteiger partial charge in [-0.2, -0.15) is 0 Å². The number of halogens is 2. The fourth-order valence-electron chi connectivity index (χ4n) is 3.15. The molecule has 0 bridgehead atoms. The molecule has 1 aromatic heterocycles. The lowest BCUT2D eigenvalue weighted by atomic mass is 9.99. The summed E-state index contributed by atoms with van der Waals surface area (Å²) in [6.45, 7) is 0. The Morgan fingerprint density at radius 1 is 1.19 bits per heavy atom. The van der Waals surface area contributed by atoms with Crippen LogP contribution in [-0.4, -0.2) is 16.9 Å². The number of nitrogens with two attached hydrogens (primary N) is 1. The number of aryl methyl sites for hydroxylation is 1. The summed E-state index contributed by atoms with van der Waals surface area (Å²) in [5, 5.41) is 4.69. The summed E-state index contributed by atoms with van der Waals surface area (Å²) in [5.41, 5.74) is 9.43. The Balaban J connectivity index is 1.50. The summed E-state index contributed by atoms with van der Waals surface area (Å²) in [6, 6.07) is 12.8. The zero-order valence-corrected chi connectivity index (χ0v) is 16.7.